The highest BCUT2D eigenvalue weighted by Crippen LogP contribution is 2.45. The van der Waals surface area contributed by atoms with Crippen molar-refractivity contribution in [3.63, 3.8) is 0 Å². The first kappa shape index (κ1) is 22.3. The molecule has 0 radical (unpaired) electrons. The van der Waals surface area contributed by atoms with Gasteiger partial charge in [-0.05, 0) is 74.9 Å². The number of allylic oxidation sites excluding steroid dienone is 1. The van der Waals surface area contributed by atoms with E-state index in [-0.39, 0.29) is 29.9 Å². The van der Waals surface area contributed by atoms with Gasteiger partial charge >= 0.3 is 0 Å². The van der Waals surface area contributed by atoms with Gasteiger partial charge in [-0.3, -0.25) is 4.90 Å². The second-order valence-corrected chi connectivity index (χ2v) is 9.78. The van der Waals surface area contributed by atoms with E-state index in [4.69, 9.17) is 0 Å². The molecule has 0 bridgehead atoms. The van der Waals surface area contributed by atoms with Crippen molar-refractivity contribution in [3.05, 3.63) is 71.6 Å². The average Bonchev–Trinajstić information content (AvgIpc) is 3.15. The van der Waals surface area contributed by atoms with Crippen LogP contribution in [0.25, 0.3) is 0 Å². The average molecular weight is 456 g/mol. The largest absolute Gasteiger partial charge is 0.362 e. The lowest BCUT2D eigenvalue weighted by Gasteiger charge is -2.41. The zero-order valence-electron chi connectivity index (χ0n) is 19.2. The molecule has 3 heterocycles. The molecule has 0 amide bonds. The Kier molecular flexibility index (Phi) is 5.89. The second-order valence-electron chi connectivity index (χ2n) is 9.78. The molecular weight excluding hydrogens is 423 g/mol. The lowest BCUT2D eigenvalue weighted by Crippen LogP contribution is -2.51. The molecule has 3 nitrogen and oxygen atoms in total. The predicted molar refractivity (Wildman–Crippen MR) is 128 cm³/mol. The Hall–Kier alpha value is -2.47. The van der Waals surface area contributed by atoms with Crippen LogP contribution >= 0.6 is 0 Å². The number of alkyl halides is 2. The van der Waals surface area contributed by atoms with Gasteiger partial charge in [-0.15, -0.1) is 6.58 Å². The summed E-state index contributed by atoms with van der Waals surface area (Å²) in [6.07, 6.45) is 4.71. The van der Waals surface area contributed by atoms with Gasteiger partial charge in [0.1, 0.15) is 12.0 Å². The van der Waals surface area contributed by atoms with Gasteiger partial charge in [0.25, 0.3) is 5.92 Å². The van der Waals surface area contributed by atoms with Crippen molar-refractivity contribution in [2.75, 3.05) is 29.9 Å². The summed E-state index contributed by atoms with van der Waals surface area (Å²) in [5, 5.41) is 3.56. The minimum atomic E-state index is -2.88. The first-order chi connectivity index (χ1) is 15.9. The number of aryl methyl sites for hydroxylation is 1. The van der Waals surface area contributed by atoms with Crippen LogP contribution in [0, 0.1) is 5.82 Å². The van der Waals surface area contributed by atoms with Gasteiger partial charge in [0.15, 0.2) is 0 Å². The molecule has 0 spiro atoms. The fraction of sp³-hybridized carbons (Fsp3) is 0.481. The van der Waals surface area contributed by atoms with Gasteiger partial charge in [0.05, 0.1) is 11.4 Å². The van der Waals surface area contributed by atoms with Crippen LogP contribution in [0.3, 0.4) is 0 Å². The molecular formula is C27H32F3N3. The van der Waals surface area contributed by atoms with Crippen LogP contribution in [0.4, 0.5) is 24.5 Å². The van der Waals surface area contributed by atoms with Gasteiger partial charge < -0.3 is 10.2 Å². The highest BCUT2D eigenvalue weighted by atomic mass is 19.3. The second kappa shape index (κ2) is 8.71. The number of benzene rings is 2. The van der Waals surface area contributed by atoms with Crippen molar-refractivity contribution >= 4 is 11.4 Å². The fourth-order valence-electron chi connectivity index (χ4n) is 5.98. The van der Waals surface area contributed by atoms with E-state index >= 15 is 0 Å². The number of hydrogen-bond donors (Lipinski definition) is 1. The van der Waals surface area contributed by atoms with Crippen molar-refractivity contribution in [3.8, 4) is 0 Å². The summed E-state index contributed by atoms with van der Waals surface area (Å²) in [6.45, 7) is 8.31. The lowest BCUT2D eigenvalue weighted by molar-refractivity contribution is -0.00241. The number of rotatable bonds is 6. The van der Waals surface area contributed by atoms with Crippen LogP contribution in [-0.4, -0.2) is 36.7 Å². The third-order valence-corrected chi connectivity index (χ3v) is 7.59. The molecule has 0 saturated carbocycles. The number of halogens is 3. The minimum absolute atomic E-state index is 0.108. The summed E-state index contributed by atoms with van der Waals surface area (Å²) in [6, 6.07) is 10.7. The Morgan fingerprint density at radius 3 is 2.67 bits per heavy atom. The molecule has 176 valence electrons. The Balaban J connectivity index is 1.27. The van der Waals surface area contributed by atoms with E-state index in [1.54, 1.807) is 24.3 Å². The number of anilines is 2. The maximum absolute atomic E-state index is 14.7. The summed E-state index contributed by atoms with van der Waals surface area (Å²) in [4.78, 5) is 4.84. The normalized spacial score (nSPS) is 23.3. The Morgan fingerprint density at radius 1 is 1.15 bits per heavy atom. The standard InChI is InChI=1S/C27H32F3N3/c1-3-12-27(29,30)23-7-5-4-6-22(23)19-10-13-32(14-11-19)17-25-31-24-16-21(28)15-20-9-8-18(2)33(25)26(20)24/h3-7,15-16,18-19,25,31H,1,8-14,17H2,2H3. The Morgan fingerprint density at radius 2 is 1.91 bits per heavy atom. The monoisotopic (exact) mass is 455 g/mol. The minimum Gasteiger partial charge on any atom is -0.362 e. The molecule has 3 aliphatic heterocycles. The molecule has 3 aliphatic rings. The Labute approximate surface area is 194 Å². The fourth-order valence-corrected chi connectivity index (χ4v) is 5.98. The van der Waals surface area contributed by atoms with Crippen molar-refractivity contribution in [2.45, 2.75) is 63.1 Å². The quantitative estimate of drug-likeness (QED) is 0.518. The molecule has 1 fully saturated rings. The number of piperidine rings is 1. The van der Waals surface area contributed by atoms with Gasteiger partial charge in [-0.2, -0.15) is 0 Å². The maximum atomic E-state index is 14.7. The zero-order chi connectivity index (χ0) is 23.2. The SMILES string of the molecule is C=CCC(F)(F)c1ccccc1C1CCN(CC2Nc3cc(F)cc4c3N2C(C)CC4)CC1. The van der Waals surface area contributed by atoms with E-state index in [1.165, 1.54) is 6.08 Å². The zero-order valence-corrected chi connectivity index (χ0v) is 19.2. The molecule has 2 aromatic carbocycles. The van der Waals surface area contributed by atoms with Crippen molar-refractivity contribution < 1.29 is 13.2 Å². The molecule has 0 aromatic heterocycles. The van der Waals surface area contributed by atoms with Gasteiger partial charge in [0, 0.05) is 24.6 Å². The third kappa shape index (κ3) is 4.14. The van der Waals surface area contributed by atoms with E-state index < -0.39 is 5.92 Å². The predicted octanol–water partition coefficient (Wildman–Crippen LogP) is 6.27. The summed E-state index contributed by atoms with van der Waals surface area (Å²) in [5.41, 5.74) is 4.07. The number of nitrogens with one attached hydrogen (secondary N) is 1. The summed E-state index contributed by atoms with van der Waals surface area (Å²) in [7, 11) is 0. The van der Waals surface area contributed by atoms with Crippen LogP contribution in [0.2, 0.25) is 0 Å². The van der Waals surface area contributed by atoms with E-state index in [9.17, 15) is 13.2 Å². The first-order valence-electron chi connectivity index (χ1n) is 12.0. The molecule has 2 unspecified atom stereocenters. The topological polar surface area (TPSA) is 18.5 Å². The number of likely N-dealkylation sites (tertiary alicyclic amines) is 1. The van der Waals surface area contributed by atoms with Crippen LogP contribution < -0.4 is 10.2 Å². The smallest absolute Gasteiger partial charge is 0.276 e. The highest BCUT2D eigenvalue weighted by molar-refractivity contribution is 5.80. The molecule has 0 aliphatic carbocycles. The van der Waals surface area contributed by atoms with E-state index in [0.29, 0.717) is 6.04 Å². The summed E-state index contributed by atoms with van der Waals surface area (Å²) in [5.74, 6) is -2.93. The van der Waals surface area contributed by atoms with Gasteiger partial charge in [-0.25, -0.2) is 13.2 Å². The number of hydrogen-bond acceptors (Lipinski definition) is 3. The molecule has 2 atom stereocenters. The van der Waals surface area contributed by atoms with Crippen LogP contribution in [0.1, 0.15) is 55.2 Å². The molecule has 1 N–H and O–H groups in total. The molecule has 6 heteroatoms. The Bertz CT molecular complexity index is 1030. The van der Waals surface area contributed by atoms with Crippen molar-refractivity contribution in [1.29, 1.82) is 0 Å². The van der Waals surface area contributed by atoms with Crippen molar-refractivity contribution in [1.82, 2.24) is 4.90 Å². The van der Waals surface area contributed by atoms with E-state index in [0.717, 1.165) is 67.8 Å². The maximum Gasteiger partial charge on any atom is 0.276 e. The van der Waals surface area contributed by atoms with Crippen molar-refractivity contribution in [2.24, 2.45) is 0 Å². The molecule has 5 rings (SSSR count). The van der Waals surface area contributed by atoms with Gasteiger partial charge in [-0.1, -0.05) is 30.3 Å². The van der Waals surface area contributed by atoms with E-state index in [1.807, 2.05) is 12.1 Å². The first-order valence-corrected chi connectivity index (χ1v) is 12.0. The van der Waals surface area contributed by atoms with Crippen LogP contribution in [0.15, 0.2) is 49.1 Å². The van der Waals surface area contributed by atoms with Crippen LogP contribution in [0.5, 0.6) is 0 Å². The van der Waals surface area contributed by atoms with E-state index in [2.05, 4.69) is 28.6 Å². The highest BCUT2D eigenvalue weighted by Gasteiger charge is 2.39. The summed E-state index contributed by atoms with van der Waals surface area (Å²) < 4.78 is 43.5. The molecule has 1 saturated heterocycles. The molecule has 33 heavy (non-hydrogen) atoms. The molecule has 2 aromatic rings. The van der Waals surface area contributed by atoms with Gasteiger partial charge in [0.2, 0.25) is 0 Å². The summed E-state index contributed by atoms with van der Waals surface area (Å²) >= 11 is 0. The number of nitrogens with zero attached hydrogens (tertiary/aromatic N) is 2. The lowest BCUT2D eigenvalue weighted by atomic mass is 9.84. The third-order valence-electron chi connectivity index (χ3n) is 7.59. The van der Waals surface area contributed by atoms with Crippen LogP contribution in [-0.2, 0) is 12.3 Å².